The summed E-state index contributed by atoms with van der Waals surface area (Å²) in [5, 5.41) is 11.3. The van der Waals surface area contributed by atoms with Gasteiger partial charge >= 0.3 is 12.1 Å². The first-order chi connectivity index (χ1) is 8.62. The number of alkyl carbamates (subject to hydrolysis) is 1. The number of carboxylic acid groups (broad SMARTS) is 1. The smallest absolute Gasteiger partial charge is 0.408 e. The Morgan fingerprint density at radius 2 is 2.00 bits per heavy atom. The molecule has 1 amide bonds. The Hall–Kier alpha value is -1.40. The fourth-order valence-corrected chi connectivity index (χ4v) is 1.89. The quantitative estimate of drug-likeness (QED) is 0.810. The van der Waals surface area contributed by atoms with E-state index in [1.54, 1.807) is 13.8 Å². The first-order valence-electron chi connectivity index (χ1n) is 6.14. The van der Waals surface area contributed by atoms with Crippen molar-refractivity contribution >= 4 is 12.1 Å². The van der Waals surface area contributed by atoms with Gasteiger partial charge in [-0.15, -0.1) is 0 Å². The summed E-state index contributed by atoms with van der Waals surface area (Å²) >= 11 is 0. The number of hydrogen-bond acceptors (Lipinski definition) is 3. The summed E-state index contributed by atoms with van der Waals surface area (Å²) in [5.74, 6) is -2.30. The maximum absolute atomic E-state index is 12.4. The van der Waals surface area contributed by atoms with Crippen molar-refractivity contribution < 1.29 is 28.2 Å². The normalized spacial score (nSPS) is 26.7. The number of carbonyl (C=O) groups excluding carboxylic acids is 1. The van der Waals surface area contributed by atoms with Crippen LogP contribution < -0.4 is 5.32 Å². The van der Waals surface area contributed by atoms with Gasteiger partial charge in [-0.25, -0.2) is 18.4 Å². The van der Waals surface area contributed by atoms with E-state index in [-0.39, 0.29) is 12.8 Å². The highest BCUT2D eigenvalue weighted by molar-refractivity contribution is 5.85. The first-order valence-corrected chi connectivity index (χ1v) is 6.14. The molecule has 1 saturated carbocycles. The van der Waals surface area contributed by atoms with E-state index in [9.17, 15) is 18.4 Å². The van der Waals surface area contributed by atoms with Crippen molar-refractivity contribution in [1.29, 1.82) is 0 Å². The number of nitrogens with one attached hydrogen (secondary N) is 1. The number of carbonyl (C=O) groups is 2. The Kier molecular flexibility index (Phi) is 4.37. The standard InChI is InChI=1S/C12H19F2NO4/c1-4-11(2,3)19-10(18)15-12(9(16)17)5-7(6-12)8(13)14/h7-8H,4-6H2,1-3H3,(H,15,18)(H,16,17). The topological polar surface area (TPSA) is 75.6 Å². The summed E-state index contributed by atoms with van der Waals surface area (Å²) in [5.41, 5.74) is -2.35. The Balaban J connectivity index is 2.62. The van der Waals surface area contributed by atoms with E-state index in [1.807, 2.05) is 6.92 Å². The van der Waals surface area contributed by atoms with Crippen LogP contribution in [0.15, 0.2) is 0 Å². The molecule has 1 aliphatic rings. The van der Waals surface area contributed by atoms with Crippen molar-refractivity contribution in [2.24, 2.45) is 5.92 Å². The number of rotatable bonds is 5. The lowest BCUT2D eigenvalue weighted by molar-refractivity contribution is -0.155. The molecular weight excluding hydrogens is 260 g/mol. The summed E-state index contributed by atoms with van der Waals surface area (Å²) in [6.07, 6.45) is -3.46. The van der Waals surface area contributed by atoms with Crippen molar-refractivity contribution in [3.8, 4) is 0 Å². The number of halogens is 2. The van der Waals surface area contributed by atoms with Crippen LogP contribution in [0.4, 0.5) is 13.6 Å². The molecule has 19 heavy (non-hydrogen) atoms. The number of hydrogen-bond donors (Lipinski definition) is 2. The molecule has 0 bridgehead atoms. The predicted octanol–water partition coefficient (Wildman–Crippen LogP) is 2.40. The highest BCUT2D eigenvalue weighted by Crippen LogP contribution is 2.41. The molecule has 0 aromatic rings. The van der Waals surface area contributed by atoms with Crippen LogP contribution in [0, 0.1) is 5.92 Å². The van der Waals surface area contributed by atoms with Gasteiger partial charge in [0.05, 0.1) is 0 Å². The van der Waals surface area contributed by atoms with Gasteiger partial charge in [0.2, 0.25) is 6.43 Å². The number of aliphatic carboxylic acids is 1. The minimum Gasteiger partial charge on any atom is -0.480 e. The van der Waals surface area contributed by atoms with E-state index in [4.69, 9.17) is 9.84 Å². The molecule has 0 unspecified atom stereocenters. The molecule has 0 aliphatic heterocycles. The summed E-state index contributed by atoms with van der Waals surface area (Å²) in [6.45, 7) is 5.18. The third-order valence-corrected chi connectivity index (χ3v) is 3.55. The van der Waals surface area contributed by atoms with Crippen molar-refractivity contribution in [2.45, 2.75) is 57.6 Å². The minimum absolute atomic E-state index is 0.276. The highest BCUT2D eigenvalue weighted by atomic mass is 19.3. The van der Waals surface area contributed by atoms with Gasteiger partial charge in [-0.2, -0.15) is 0 Å². The fraction of sp³-hybridized carbons (Fsp3) is 0.833. The summed E-state index contributed by atoms with van der Waals surface area (Å²) in [6, 6.07) is 0. The fourth-order valence-electron chi connectivity index (χ4n) is 1.89. The van der Waals surface area contributed by atoms with Gasteiger partial charge < -0.3 is 15.2 Å². The van der Waals surface area contributed by atoms with E-state index >= 15 is 0 Å². The second-order valence-corrected chi connectivity index (χ2v) is 5.52. The highest BCUT2D eigenvalue weighted by Gasteiger charge is 2.55. The summed E-state index contributed by atoms with van der Waals surface area (Å²) in [7, 11) is 0. The van der Waals surface area contributed by atoms with E-state index in [1.165, 1.54) is 0 Å². The third kappa shape index (κ3) is 3.54. The molecule has 7 heteroatoms. The van der Waals surface area contributed by atoms with Crippen LogP contribution in [-0.2, 0) is 9.53 Å². The van der Waals surface area contributed by atoms with Crippen LogP contribution in [0.5, 0.6) is 0 Å². The maximum Gasteiger partial charge on any atom is 0.408 e. The molecule has 0 atom stereocenters. The van der Waals surface area contributed by atoms with Crippen molar-refractivity contribution in [3.05, 3.63) is 0 Å². The third-order valence-electron chi connectivity index (χ3n) is 3.55. The SMILES string of the molecule is CCC(C)(C)OC(=O)NC1(C(=O)O)CC(C(F)F)C1. The predicted molar refractivity (Wildman–Crippen MR) is 63.1 cm³/mol. The molecule has 0 radical (unpaired) electrons. The lowest BCUT2D eigenvalue weighted by Gasteiger charge is -2.44. The Morgan fingerprint density at radius 3 is 2.37 bits per heavy atom. The number of alkyl halides is 2. The van der Waals surface area contributed by atoms with Gasteiger partial charge in [-0.1, -0.05) is 6.92 Å². The zero-order valence-corrected chi connectivity index (χ0v) is 11.2. The molecule has 0 saturated heterocycles. The van der Waals surface area contributed by atoms with Crippen molar-refractivity contribution in [2.75, 3.05) is 0 Å². The molecule has 0 heterocycles. The first kappa shape index (κ1) is 15.7. The van der Waals surface area contributed by atoms with Crippen LogP contribution in [0.1, 0.15) is 40.0 Å². The van der Waals surface area contributed by atoms with Crippen molar-refractivity contribution in [1.82, 2.24) is 5.32 Å². The zero-order chi connectivity index (χ0) is 14.8. The molecule has 0 aromatic heterocycles. The van der Waals surface area contributed by atoms with Crippen LogP contribution >= 0.6 is 0 Å². The van der Waals surface area contributed by atoms with E-state index in [0.717, 1.165) is 0 Å². The van der Waals surface area contributed by atoms with Gasteiger partial charge in [-0.3, -0.25) is 0 Å². The lowest BCUT2D eigenvalue weighted by Crippen LogP contribution is -2.64. The molecule has 1 fully saturated rings. The van der Waals surface area contributed by atoms with Gasteiger partial charge in [0.15, 0.2) is 0 Å². The van der Waals surface area contributed by atoms with Gasteiger partial charge in [0.25, 0.3) is 0 Å². The Bertz CT molecular complexity index is 365. The van der Waals surface area contributed by atoms with Crippen LogP contribution in [0.3, 0.4) is 0 Å². The number of carboxylic acids is 1. The minimum atomic E-state index is -2.57. The largest absolute Gasteiger partial charge is 0.480 e. The molecule has 0 aromatic carbocycles. The van der Waals surface area contributed by atoms with E-state index in [0.29, 0.717) is 6.42 Å². The molecule has 0 spiro atoms. The molecule has 110 valence electrons. The monoisotopic (exact) mass is 279 g/mol. The average molecular weight is 279 g/mol. The Labute approximate surface area is 110 Å². The van der Waals surface area contributed by atoms with Crippen LogP contribution in [0.2, 0.25) is 0 Å². The van der Waals surface area contributed by atoms with Crippen LogP contribution in [0.25, 0.3) is 0 Å². The lowest BCUT2D eigenvalue weighted by atomic mass is 9.68. The molecule has 5 nitrogen and oxygen atoms in total. The van der Waals surface area contributed by atoms with Crippen molar-refractivity contribution in [3.63, 3.8) is 0 Å². The average Bonchev–Trinajstić information content (AvgIpc) is 2.21. The molecule has 1 aliphatic carbocycles. The second kappa shape index (κ2) is 5.30. The summed E-state index contributed by atoms with van der Waals surface area (Å²) < 4.78 is 29.9. The maximum atomic E-state index is 12.4. The summed E-state index contributed by atoms with van der Waals surface area (Å²) in [4.78, 5) is 22.7. The van der Waals surface area contributed by atoms with Gasteiger partial charge in [0, 0.05) is 5.92 Å². The second-order valence-electron chi connectivity index (χ2n) is 5.52. The zero-order valence-electron chi connectivity index (χ0n) is 11.2. The number of ether oxygens (including phenoxy) is 1. The Morgan fingerprint density at radius 1 is 1.47 bits per heavy atom. The van der Waals surface area contributed by atoms with Gasteiger partial charge in [-0.05, 0) is 33.1 Å². The molecular formula is C12H19F2NO4. The molecule has 1 rings (SSSR count). The van der Waals surface area contributed by atoms with E-state index in [2.05, 4.69) is 5.32 Å². The van der Waals surface area contributed by atoms with Crippen LogP contribution in [-0.4, -0.2) is 34.7 Å². The number of amides is 1. The van der Waals surface area contributed by atoms with Gasteiger partial charge in [0.1, 0.15) is 11.1 Å². The van der Waals surface area contributed by atoms with E-state index < -0.39 is 35.5 Å². The molecule has 2 N–H and O–H groups in total.